The minimum absolute atomic E-state index is 0.230. The summed E-state index contributed by atoms with van der Waals surface area (Å²) >= 11 is 0. The van der Waals surface area contributed by atoms with Crippen LogP contribution in [0.3, 0.4) is 0 Å². The van der Waals surface area contributed by atoms with Gasteiger partial charge in [-0.1, -0.05) is 6.07 Å². The van der Waals surface area contributed by atoms with Gasteiger partial charge in [0.2, 0.25) is 0 Å². The van der Waals surface area contributed by atoms with Gasteiger partial charge in [0.1, 0.15) is 11.7 Å². The quantitative estimate of drug-likeness (QED) is 0.457. The van der Waals surface area contributed by atoms with Crippen molar-refractivity contribution in [2.75, 3.05) is 18.6 Å². The van der Waals surface area contributed by atoms with Crippen molar-refractivity contribution >= 4 is 23.1 Å². The van der Waals surface area contributed by atoms with E-state index in [1.165, 1.54) is 14.0 Å². The summed E-state index contributed by atoms with van der Waals surface area (Å²) in [5.74, 6) is -1.60. The molecule has 0 saturated heterocycles. The first-order chi connectivity index (χ1) is 7.95. The number of nitrogen functional groups attached to an aromatic ring is 2. The van der Waals surface area contributed by atoms with Crippen molar-refractivity contribution in [3.63, 3.8) is 0 Å². The van der Waals surface area contributed by atoms with E-state index in [-0.39, 0.29) is 12.2 Å². The first-order valence-electron chi connectivity index (χ1n) is 5.18. The number of ether oxygens (including phenoxy) is 1. The highest BCUT2D eigenvalue weighted by molar-refractivity contribution is 5.98. The monoisotopic (exact) mass is 236 g/mol. The van der Waals surface area contributed by atoms with Gasteiger partial charge in [-0.3, -0.25) is 9.59 Å². The van der Waals surface area contributed by atoms with E-state index in [2.05, 4.69) is 4.74 Å². The number of carbonyl (C=O) groups is 2. The fraction of sp³-hybridized carbons (Fsp3) is 0.333. The molecule has 5 heteroatoms. The summed E-state index contributed by atoms with van der Waals surface area (Å²) in [5.41, 5.74) is 13.1. The van der Waals surface area contributed by atoms with Gasteiger partial charge in [0, 0.05) is 11.4 Å². The number of anilines is 2. The van der Waals surface area contributed by atoms with Crippen molar-refractivity contribution in [3.8, 4) is 0 Å². The normalized spacial score (nSPS) is 11.9. The molecule has 0 bridgehead atoms. The van der Waals surface area contributed by atoms with Crippen LogP contribution in [0.4, 0.5) is 11.4 Å². The smallest absolute Gasteiger partial charge is 0.316 e. The molecule has 1 rings (SSSR count). The van der Waals surface area contributed by atoms with Crippen LogP contribution in [0.15, 0.2) is 18.2 Å². The maximum absolute atomic E-state index is 11.4. The van der Waals surface area contributed by atoms with E-state index >= 15 is 0 Å². The summed E-state index contributed by atoms with van der Waals surface area (Å²) in [6.07, 6.45) is 0.230. The Kier molecular flexibility index (Phi) is 4.09. The largest absolute Gasteiger partial charge is 0.468 e. The molecule has 0 aliphatic heterocycles. The molecule has 0 aliphatic carbocycles. The van der Waals surface area contributed by atoms with Gasteiger partial charge < -0.3 is 16.2 Å². The third kappa shape index (κ3) is 3.21. The van der Waals surface area contributed by atoms with Crippen LogP contribution < -0.4 is 11.5 Å². The van der Waals surface area contributed by atoms with E-state index in [4.69, 9.17) is 11.5 Å². The second kappa shape index (κ2) is 5.34. The maximum atomic E-state index is 11.4. The van der Waals surface area contributed by atoms with Crippen LogP contribution >= 0.6 is 0 Å². The van der Waals surface area contributed by atoms with E-state index in [1.54, 1.807) is 18.2 Å². The van der Waals surface area contributed by atoms with Crippen LogP contribution in [0.5, 0.6) is 0 Å². The molecule has 0 spiro atoms. The number of methoxy groups -OCH3 is 1. The maximum Gasteiger partial charge on any atom is 0.316 e. The molecule has 0 amide bonds. The standard InChI is InChI=1S/C12H16N2O3/c1-7(15)10(12(16)17-2)5-8-3-4-9(13)6-11(8)14/h3-4,6,10H,5,13-14H2,1-2H3. The fourth-order valence-corrected chi connectivity index (χ4v) is 1.55. The highest BCUT2D eigenvalue weighted by Gasteiger charge is 2.25. The lowest BCUT2D eigenvalue weighted by Crippen LogP contribution is -2.25. The molecule has 1 aromatic rings. The number of nitrogens with two attached hydrogens (primary N) is 2. The molecular formula is C12H16N2O3. The van der Waals surface area contributed by atoms with Gasteiger partial charge in [-0.15, -0.1) is 0 Å². The van der Waals surface area contributed by atoms with Crippen molar-refractivity contribution in [2.45, 2.75) is 13.3 Å². The van der Waals surface area contributed by atoms with Crippen molar-refractivity contribution in [1.29, 1.82) is 0 Å². The average Bonchev–Trinajstić information content (AvgIpc) is 2.26. The summed E-state index contributed by atoms with van der Waals surface area (Å²) in [6.45, 7) is 1.36. The van der Waals surface area contributed by atoms with Crippen molar-refractivity contribution in [2.24, 2.45) is 5.92 Å². The Labute approximate surface area is 99.7 Å². The topological polar surface area (TPSA) is 95.4 Å². The molecule has 0 fully saturated rings. The Bertz CT molecular complexity index is 443. The van der Waals surface area contributed by atoms with Gasteiger partial charge in [-0.05, 0) is 31.0 Å². The summed E-state index contributed by atoms with van der Waals surface area (Å²) in [7, 11) is 1.25. The van der Waals surface area contributed by atoms with Crippen molar-refractivity contribution in [3.05, 3.63) is 23.8 Å². The van der Waals surface area contributed by atoms with Crippen LogP contribution in [0, 0.1) is 5.92 Å². The lowest BCUT2D eigenvalue weighted by atomic mass is 9.95. The third-order valence-corrected chi connectivity index (χ3v) is 2.57. The second-order valence-corrected chi connectivity index (χ2v) is 3.85. The summed E-state index contributed by atoms with van der Waals surface area (Å²) in [6, 6.07) is 4.99. The van der Waals surface area contributed by atoms with Gasteiger partial charge in [0.15, 0.2) is 0 Å². The molecule has 0 aromatic heterocycles. The second-order valence-electron chi connectivity index (χ2n) is 3.85. The van der Waals surface area contributed by atoms with Gasteiger partial charge in [-0.2, -0.15) is 0 Å². The SMILES string of the molecule is COC(=O)C(Cc1ccc(N)cc1N)C(C)=O. The van der Waals surface area contributed by atoms with Crippen LogP contribution in [-0.4, -0.2) is 18.9 Å². The van der Waals surface area contributed by atoms with Gasteiger partial charge in [0.25, 0.3) is 0 Å². The van der Waals surface area contributed by atoms with E-state index in [0.29, 0.717) is 16.9 Å². The third-order valence-electron chi connectivity index (χ3n) is 2.57. The molecule has 1 atom stereocenters. The molecule has 92 valence electrons. The average molecular weight is 236 g/mol. The zero-order valence-corrected chi connectivity index (χ0v) is 9.90. The molecular weight excluding hydrogens is 220 g/mol. The lowest BCUT2D eigenvalue weighted by molar-refractivity contribution is -0.148. The molecule has 0 saturated carbocycles. The molecule has 0 radical (unpaired) electrons. The lowest BCUT2D eigenvalue weighted by Gasteiger charge is -2.13. The Balaban J connectivity index is 2.94. The van der Waals surface area contributed by atoms with Crippen LogP contribution in [0.25, 0.3) is 0 Å². The minimum Gasteiger partial charge on any atom is -0.468 e. The Hall–Kier alpha value is -2.04. The number of Topliss-reactive ketones (excluding diaryl/α,β-unsaturated/α-hetero) is 1. The predicted octanol–water partition coefficient (Wildman–Crippen LogP) is 0.772. The predicted molar refractivity (Wildman–Crippen MR) is 65.2 cm³/mol. The molecule has 1 unspecified atom stereocenters. The van der Waals surface area contributed by atoms with Crippen LogP contribution in [-0.2, 0) is 20.7 Å². The zero-order valence-electron chi connectivity index (χ0n) is 9.90. The Morgan fingerprint density at radius 2 is 2.00 bits per heavy atom. The molecule has 4 N–H and O–H groups in total. The molecule has 17 heavy (non-hydrogen) atoms. The van der Waals surface area contributed by atoms with Crippen LogP contribution in [0.2, 0.25) is 0 Å². The molecule has 0 aliphatic rings. The number of hydrogen-bond donors (Lipinski definition) is 2. The van der Waals surface area contributed by atoms with E-state index in [1.807, 2.05) is 0 Å². The highest BCUT2D eigenvalue weighted by atomic mass is 16.5. The minimum atomic E-state index is -0.814. The fourth-order valence-electron chi connectivity index (χ4n) is 1.55. The van der Waals surface area contributed by atoms with Gasteiger partial charge in [0.05, 0.1) is 7.11 Å². The first-order valence-corrected chi connectivity index (χ1v) is 5.18. The number of benzene rings is 1. The molecule has 0 heterocycles. The number of hydrogen-bond acceptors (Lipinski definition) is 5. The highest BCUT2D eigenvalue weighted by Crippen LogP contribution is 2.20. The van der Waals surface area contributed by atoms with Crippen LogP contribution in [0.1, 0.15) is 12.5 Å². The van der Waals surface area contributed by atoms with Crippen molar-refractivity contribution in [1.82, 2.24) is 0 Å². The summed E-state index contributed by atoms with van der Waals surface area (Å²) in [4.78, 5) is 22.8. The number of esters is 1. The van der Waals surface area contributed by atoms with Crippen molar-refractivity contribution < 1.29 is 14.3 Å². The number of ketones is 1. The Morgan fingerprint density at radius 3 is 2.47 bits per heavy atom. The number of carbonyl (C=O) groups excluding carboxylic acids is 2. The first kappa shape index (κ1) is 13.0. The zero-order chi connectivity index (χ0) is 13.0. The summed E-state index contributed by atoms with van der Waals surface area (Å²) < 4.78 is 4.58. The summed E-state index contributed by atoms with van der Waals surface area (Å²) in [5, 5.41) is 0. The van der Waals surface area contributed by atoms with Gasteiger partial charge >= 0.3 is 5.97 Å². The van der Waals surface area contributed by atoms with Gasteiger partial charge in [-0.25, -0.2) is 0 Å². The molecule has 5 nitrogen and oxygen atoms in total. The number of rotatable bonds is 4. The van der Waals surface area contributed by atoms with E-state index in [0.717, 1.165) is 0 Å². The van der Waals surface area contributed by atoms with E-state index in [9.17, 15) is 9.59 Å². The molecule has 1 aromatic carbocycles. The van der Waals surface area contributed by atoms with E-state index < -0.39 is 11.9 Å². The Morgan fingerprint density at radius 1 is 1.35 bits per heavy atom.